The molecule has 0 bridgehead atoms. The highest BCUT2D eigenvalue weighted by Crippen LogP contribution is 2.65. The van der Waals surface area contributed by atoms with Crippen LogP contribution in [0.3, 0.4) is 0 Å². The largest absolute Gasteiger partial charge is 0.310 e. The average molecular weight is 909 g/mol. The van der Waals surface area contributed by atoms with Gasteiger partial charge in [-0.2, -0.15) is 0 Å². The Hall–Kier alpha value is -8.76. The van der Waals surface area contributed by atoms with Gasteiger partial charge in [0.05, 0.1) is 28.2 Å². The lowest BCUT2D eigenvalue weighted by molar-refractivity contribution is 0.752. The Morgan fingerprint density at radius 3 is 1.64 bits per heavy atom. The number of thiophene rings is 1. The first-order chi connectivity index (χ1) is 34.7. The Labute approximate surface area is 412 Å². The molecule has 0 saturated carbocycles. The van der Waals surface area contributed by atoms with Crippen LogP contribution in [0.5, 0.6) is 0 Å². The molecule has 1 aliphatic carbocycles. The average Bonchev–Trinajstić information content (AvgIpc) is 3.96. The topological polar surface area (TPSA) is 6.48 Å². The van der Waals surface area contributed by atoms with Crippen molar-refractivity contribution in [2.75, 3.05) is 9.80 Å². The number of para-hydroxylation sites is 4. The standard InChI is InChI=1S/C67H44N2S/c1-3-19-45(20-4-1)47-21-17-22-49(43-47)52-25-8-13-32-60(52)68(51-40-37-46(38-41-51)48-39-42-54-53-26-9-16-36-64(53)70-65(54)44-48)63-35-18-31-59-66(63)55-27-7-10-28-56(55)67(59)57-29-11-14-33-61(57)69(50-23-5-2-6-24-50)62-34-15-12-30-58(62)67/h1-44H. The van der Waals surface area contributed by atoms with Gasteiger partial charge < -0.3 is 9.80 Å². The molecule has 3 heteroatoms. The van der Waals surface area contributed by atoms with E-state index in [1.165, 1.54) is 87.2 Å². The van der Waals surface area contributed by atoms with Crippen molar-refractivity contribution in [1.29, 1.82) is 0 Å². The van der Waals surface area contributed by atoms with Crippen LogP contribution >= 0.6 is 11.3 Å². The van der Waals surface area contributed by atoms with Crippen LogP contribution in [-0.4, -0.2) is 0 Å². The van der Waals surface area contributed by atoms with Crippen LogP contribution in [0.1, 0.15) is 22.3 Å². The van der Waals surface area contributed by atoms with Crippen molar-refractivity contribution in [2.24, 2.45) is 0 Å². The quantitative estimate of drug-likeness (QED) is 0.157. The molecule has 1 aliphatic heterocycles. The monoisotopic (exact) mass is 908 g/mol. The number of rotatable bonds is 7. The molecule has 0 fully saturated rings. The molecule has 0 amide bonds. The van der Waals surface area contributed by atoms with Crippen molar-refractivity contribution in [3.8, 4) is 44.5 Å². The summed E-state index contributed by atoms with van der Waals surface area (Å²) in [6, 6.07) is 98.7. The maximum absolute atomic E-state index is 2.52. The van der Waals surface area contributed by atoms with Crippen molar-refractivity contribution < 1.29 is 0 Å². The smallest absolute Gasteiger partial charge is 0.0755 e. The lowest BCUT2D eigenvalue weighted by atomic mass is 9.64. The molecule has 2 heterocycles. The highest BCUT2D eigenvalue weighted by Gasteiger charge is 2.52. The van der Waals surface area contributed by atoms with Crippen molar-refractivity contribution in [3.63, 3.8) is 0 Å². The summed E-state index contributed by atoms with van der Waals surface area (Å²) in [4.78, 5) is 4.97. The predicted octanol–water partition coefficient (Wildman–Crippen LogP) is 18.7. The summed E-state index contributed by atoms with van der Waals surface area (Å²) in [7, 11) is 0. The Morgan fingerprint density at radius 2 is 0.857 bits per heavy atom. The van der Waals surface area contributed by atoms with E-state index in [1.807, 2.05) is 11.3 Å². The molecule has 0 N–H and O–H groups in total. The second-order valence-corrected chi connectivity index (χ2v) is 19.4. The van der Waals surface area contributed by atoms with Crippen LogP contribution in [0.4, 0.5) is 34.1 Å². The molecule has 11 aromatic carbocycles. The van der Waals surface area contributed by atoms with Crippen LogP contribution in [0, 0.1) is 0 Å². The van der Waals surface area contributed by atoms with Gasteiger partial charge in [-0.05, 0) is 122 Å². The second-order valence-electron chi connectivity index (χ2n) is 18.4. The molecule has 2 nitrogen and oxygen atoms in total. The van der Waals surface area contributed by atoms with Gasteiger partial charge >= 0.3 is 0 Å². The molecule has 0 atom stereocenters. The van der Waals surface area contributed by atoms with E-state index in [4.69, 9.17) is 0 Å². The summed E-state index contributed by atoms with van der Waals surface area (Å²) in [5.74, 6) is 0. The molecule has 12 aromatic rings. The number of nitrogens with zero attached hydrogens (tertiary/aromatic N) is 2. The van der Waals surface area contributed by atoms with E-state index in [-0.39, 0.29) is 0 Å². The summed E-state index contributed by atoms with van der Waals surface area (Å²) >= 11 is 1.87. The van der Waals surface area contributed by atoms with E-state index in [1.54, 1.807) is 0 Å². The third kappa shape index (κ3) is 6.12. The molecular weight excluding hydrogens is 865 g/mol. The van der Waals surface area contributed by atoms with E-state index < -0.39 is 5.41 Å². The number of hydrogen-bond donors (Lipinski definition) is 0. The molecule has 1 aromatic heterocycles. The second kappa shape index (κ2) is 16.2. The number of hydrogen-bond acceptors (Lipinski definition) is 3. The molecule has 0 saturated heterocycles. The Balaban J connectivity index is 1.00. The maximum atomic E-state index is 2.52. The minimum absolute atomic E-state index is 0.593. The van der Waals surface area contributed by atoms with E-state index in [9.17, 15) is 0 Å². The van der Waals surface area contributed by atoms with Gasteiger partial charge in [-0.1, -0.05) is 200 Å². The van der Waals surface area contributed by atoms with Crippen molar-refractivity contribution in [2.45, 2.75) is 5.41 Å². The third-order valence-corrected chi connectivity index (χ3v) is 15.8. The number of benzene rings is 11. The summed E-state index contributed by atoms with van der Waals surface area (Å²) in [6.45, 7) is 0. The predicted molar refractivity (Wildman–Crippen MR) is 296 cm³/mol. The summed E-state index contributed by atoms with van der Waals surface area (Å²) in [6.07, 6.45) is 0. The molecular formula is C67H44N2S. The van der Waals surface area contributed by atoms with Gasteiger partial charge in [0.2, 0.25) is 0 Å². The SMILES string of the molecule is c1ccc(-c2cccc(-c3ccccc3N(c3ccc(-c4ccc5c(c4)sc4ccccc45)cc3)c3cccc4c3-c3ccccc3C43c4ccccc4N(c4ccccc4)c4ccccc43)c2)cc1. The zero-order chi connectivity index (χ0) is 46.2. The van der Waals surface area contributed by atoms with Crippen molar-refractivity contribution in [3.05, 3.63) is 289 Å². The molecule has 328 valence electrons. The molecule has 1 spiro atoms. The molecule has 70 heavy (non-hydrogen) atoms. The maximum Gasteiger partial charge on any atom is 0.0755 e. The fourth-order valence-corrected chi connectivity index (χ4v) is 12.8. The Kier molecular flexibility index (Phi) is 9.33. The fraction of sp³-hybridized carbons (Fsp3) is 0.0149. The third-order valence-electron chi connectivity index (χ3n) is 14.7. The number of fused-ring (bicyclic) bond motifs is 12. The molecule has 2 aliphatic rings. The fourth-order valence-electron chi connectivity index (χ4n) is 11.7. The first kappa shape index (κ1) is 40.3. The zero-order valence-electron chi connectivity index (χ0n) is 38.2. The molecule has 0 unspecified atom stereocenters. The minimum Gasteiger partial charge on any atom is -0.310 e. The highest BCUT2D eigenvalue weighted by atomic mass is 32.1. The van der Waals surface area contributed by atoms with E-state index in [0.717, 1.165) is 33.9 Å². The summed E-state index contributed by atoms with van der Waals surface area (Å²) in [5.41, 5.74) is 21.0. The normalized spacial score (nSPS) is 12.9. The van der Waals surface area contributed by atoms with Crippen LogP contribution in [-0.2, 0) is 5.41 Å². The van der Waals surface area contributed by atoms with Gasteiger partial charge in [-0.3, -0.25) is 0 Å². The van der Waals surface area contributed by atoms with Crippen molar-refractivity contribution in [1.82, 2.24) is 0 Å². The van der Waals surface area contributed by atoms with Gasteiger partial charge in [0.1, 0.15) is 0 Å². The van der Waals surface area contributed by atoms with E-state index in [2.05, 4.69) is 277 Å². The lowest BCUT2D eigenvalue weighted by Gasteiger charge is -2.45. The van der Waals surface area contributed by atoms with Crippen LogP contribution in [0.2, 0.25) is 0 Å². The van der Waals surface area contributed by atoms with Crippen LogP contribution < -0.4 is 9.80 Å². The van der Waals surface area contributed by atoms with E-state index >= 15 is 0 Å². The molecule has 14 rings (SSSR count). The Bertz CT molecular complexity index is 3920. The first-order valence-corrected chi connectivity index (χ1v) is 24.9. The zero-order valence-corrected chi connectivity index (χ0v) is 39.0. The Morgan fingerprint density at radius 1 is 0.329 bits per heavy atom. The minimum atomic E-state index is -0.593. The number of anilines is 6. The van der Waals surface area contributed by atoms with Gasteiger partial charge in [-0.15, -0.1) is 11.3 Å². The lowest BCUT2D eigenvalue weighted by Crippen LogP contribution is -2.36. The van der Waals surface area contributed by atoms with Crippen LogP contribution in [0.25, 0.3) is 64.7 Å². The van der Waals surface area contributed by atoms with Gasteiger partial charge in [0.25, 0.3) is 0 Å². The summed E-state index contributed by atoms with van der Waals surface area (Å²) < 4.78 is 2.63. The van der Waals surface area contributed by atoms with E-state index in [0.29, 0.717) is 0 Å². The summed E-state index contributed by atoms with van der Waals surface area (Å²) in [5, 5.41) is 2.63. The first-order valence-electron chi connectivity index (χ1n) is 24.1. The molecule has 0 radical (unpaired) electrons. The van der Waals surface area contributed by atoms with Gasteiger partial charge in [0, 0.05) is 42.7 Å². The highest BCUT2D eigenvalue weighted by molar-refractivity contribution is 7.25. The van der Waals surface area contributed by atoms with Crippen molar-refractivity contribution >= 4 is 65.6 Å². The van der Waals surface area contributed by atoms with Crippen LogP contribution in [0.15, 0.2) is 267 Å². The van der Waals surface area contributed by atoms with Gasteiger partial charge in [-0.25, -0.2) is 0 Å². The van der Waals surface area contributed by atoms with Gasteiger partial charge in [0.15, 0.2) is 0 Å².